The van der Waals surface area contributed by atoms with E-state index in [1.54, 1.807) is 29.0 Å². The van der Waals surface area contributed by atoms with Crippen LogP contribution in [0.5, 0.6) is 0 Å². The Morgan fingerprint density at radius 3 is 2.33 bits per heavy atom. The molecule has 0 aliphatic carbocycles. The van der Waals surface area contributed by atoms with Crippen LogP contribution in [0.2, 0.25) is 0 Å². The van der Waals surface area contributed by atoms with Gasteiger partial charge in [-0.25, -0.2) is 0 Å². The first kappa shape index (κ1) is 12.5. The van der Waals surface area contributed by atoms with Crippen molar-refractivity contribution in [1.29, 1.82) is 0 Å². The number of aromatic nitrogens is 1. The van der Waals surface area contributed by atoms with Gasteiger partial charge in [0, 0.05) is 39.3 Å². The normalized spacial score (nSPS) is 15.7. The molecule has 0 saturated carbocycles. The lowest BCUT2D eigenvalue weighted by atomic mass is 10.2. The largest absolute Gasteiger partial charge is 0.339 e. The second-order valence-corrected chi connectivity index (χ2v) is 4.52. The van der Waals surface area contributed by atoms with Gasteiger partial charge in [0.1, 0.15) is 5.69 Å². The van der Waals surface area contributed by atoms with Gasteiger partial charge in [-0.2, -0.15) is 0 Å². The van der Waals surface area contributed by atoms with E-state index >= 15 is 0 Å². The van der Waals surface area contributed by atoms with Crippen molar-refractivity contribution in [3.05, 3.63) is 29.6 Å². The predicted octanol–water partition coefficient (Wildman–Crippen LogP) is 0.694. The summed E-state index contributed by atoms with van der Waals surface area (Å²) in [4.78, 5) is 31.0. The number of nitrogens with zero attached hydrogens (tertiary/aromatic N) is 3. The van der Waals surface area contributed by atoms with E-state index in [9.17, 15) is 9.59 Å². The first-order valence-electron chi connectivity index (χ1n) is 6.05. The molecule has 2 heterocycles. The summed E-state index contributed by atoms with van der Waals surface area (Å²) in [5.41, 5.74) is 1.50. The average molecular weight is 247 g/mol. The summed E-state index contributed by atoms with van der Waals surface area (Å²) in [5, 5.41) is 0. The van der Waals surface area contributed by atoms with Crippen LogP contribution in [0.4, 0.5) is 0 Å². The molecule has 1 aliphatic rings. The fraction of sp³-hybridized carbons (Fsp3) is 0.462. The molecule has 96 valence electrons. The van der Waals surface area contributed by atoms with Gasteiger partial charge in [-0.1, -0.05) is 0 Å². The lowest BCUT2D eigenvalue weighted by Gasteiger charge is -2.34. The lowest BCUT2D eigenvalue weighted by molar-refractivity contribution is -0.130. The minimum Gasteiger partial charge on any atom is -0.339 e. The topological polar surface area (TPSA) is 53.5 Å². The van der Waals surface area contributed by atoms with E-state index in [1.807, 2.05) is 13.0 Å². The Kier molecular flexibility index (Phi) is 3.60. The number of pyridine rings is 1. The standard InChI is InChI=1S/C13H17N3O2/c1-10-3-4-14-12(9-10)13(18)16-7-5-15(6-8-16)11(2)17/h3-4,9H,5-8H2,1-2H3. The highest BCUT2D eigenvalue weighted by Gasteiger charge is 2.23. The van der Waals surface area contributed by atoms with Gasteiger partial charge in [0.05, 0.1) is 0 Å². The highest BCUT2D eigenvalue weighted by molar-refractivity contribution is 5.92. The van der Waals surface area contributed by atoms with Crippen LogP contribution in [0.3, 0.4) is 0 Å². The van der Waals surface area contributed by atoms with Gasteiger partial charge in [0.15, 0.2) is 0 Å². The molecule has 0 unspecified atom stereocenters. The van der Waals surface area contributed by atoms with E-state index in [4.69, 9.17) is 0 Å². The molecule has 1 saturated heterocycles. The van der Waals surface area contributed by atoms with Crippen LogP contribution in [0.25, 0.3) is 0 Å². The van der Waals surface area contributed by atoms with Crippen molar-refractivity contribution in [3.8, 4) is 0 Å². The summed E-state index contributed by atoms with van der Waals surface area (Å²) in [5.74, 6) is 0.0117. The van der Waals surface area contributed by atoms with Crippen LogP contribution in [-0.2, 0) is 4.79 Å². The summed E-state index contributed by atoms with van der Waals surface area (Å²) in [6, 6.07) is 3.66. The Bertz CT molecular complexity index is 465. The molecule has 1 fully saturated rings. The number of aryl methyl sites for hydroxylation is 1. The monoisotopic (exact) mass is 247 g/mol. The van der Waals surface area contributed by atoms with E-state index in [0.717, 1.165) is 5.56 Å². The first-order chi connectivity index (χ1) is 8.58. The van der Waals surface area contributed by atoms with Crippen molar-refractivity contribution in [2.24, 2.45) is 0 Å². The third kappa shape index (κ3) is 2.67. The van der Waals surface area contributed by atoms with Crippen molar-refractivity contribution >= 4 is 11.8 Å². The Balaban J connectivity index is 2.02. The number of amides is 2. The van der Waals surface area contributed by atoms with Crippen molar-refractivity contribution in [3.63, 3.8) is 0 Å². The van der Waals surface area contributed by atoms with Gasteiger partial charge < -0.3 is 9.80 Å². The van der Waals surface area contributed by atoms with Crippen LogP contribution >= 0.6 is 0 Å². The molecule has 1 aliphatic heterocycles. The summed E-state index contributed by atoms with van der Waals surface area (Å²) in [6.07, 6.45) is 1.65. The molecular weight excluding hydrogens is 230 g/mol. The molecular formula is C13H17N3O2. The van der Waals surface area contributed by atoms with E-state index in [2.05, 4.69) is 4.98 Å². The summed E-state index contributed by atoms with van der Waals surface area (Å²) in [7, 11) is 0. The first-order valence-corrected chi connectivity index (χ1v) is 6.05. The zero-order chi connectivity index (χ0) is 13.1. The highest BCUT2D eigenvalue weighted by Crippen LogP contribution is 2.08. The molecule has 0 bridgehead atoms. The maximum absolute atomic E-state index is 12.2. The maximum atomic E-state index is 12.2. The number of carbonyl (C=O) groups is 2. The van der Waals surface area contributed by atoms with Crippen LogP contribution in [0.1, 0.15) is 23.0 Å². The van der Waals surface area contributed by atoms with Crippen LogP contribution in [0.15, 0.2) is 18.3 Å². The summed E-state index contributed by atoms with van der Waals surface area (Å²) >= 11 is 0. The zero-order valence-corrected chi connectivity index (χ0v) is 10.7. The fourth-order valence-electron chi connectivity index (χ4n) is 2.04. The molecule has 5 heteroatoms. The zero-order valence-electron chi connectivity index (χ0n) is 10.7. The molecule has 0 aromatic carbocycles. The second-order valence-electron chi connectivity index (χ2n) is 4.52. The fourth-order valence-corrected chi connectivity index (χ4v) is 2.04. The molecule has 5 nitrogen and oxygen atoms in total. The molecule has 18 heavy (non-hydrogen) atoms. The van der Waals surface area contributed by atoms with E-state index in [-0.39, 0.29) is 11.8 Å². The predicted molar refractivity (Wildman–Crippen MR) is 67.1 cm³/mol. The summed E-state index contributed by atoms with van der Waals surface area (Å²) in [6.45, 7) is 5.85. The lowest BCUT2D eigenvalue weighted by Crippen LogP contribution is -2.50. The van der Waals surface area contributed by atoms with Gasteiger partial charge >= 0.3 is 0 Å². The van der Waals surface area contributed by atoms with Gasteiger partial charge in [0.25, 0.3) is 5.91 Å². The van der Waals surface area contributed by atoms with Gasteiger partial charge in [-0.3, -0.25) is 14.6 Å². The minimum atomic E-state index is -0.0538. The Morgan fingerprint density at radius 1 is 1.17 bits per heavy atom. The molecule has 0 atom stereocenters. The van der Waals surface area contributed by atoms with Crippen LogP contribution in [-0.4, -0.2) is 52.8 Å². The number of carbonyl (C=O) groups excluding carboxylic acids is 2. The van der Waals surface area contributed by atoms with Crippen LogP contribution in [0, 0.1) is 6.92 Å². The number of hydrogen-bond acceptors (Lipinski definition) is 3. The Morgan fingerprint density at radius 2 is 1.78 bits per heavy atom. The molecule has 1 aromatic heterocycles. The molecule has 2 rings (SSSR count). The SMILES string of the molecule is CC(=O)N1CCN(C(=O)c2cc(C)ccn2)CC1. The van der Waals surface area contributed by atoms with Crippen molar-refractivity contribution < 1.29 is 9.59 Å². The van der Waals surface area contributed by atoms with Gasteiger partial charge in [-0.15, -0.1) is 0 Å². The number of hydrogen-bond donors (Lipinski definition) is 0. The smallest absolute Gasteiger partial charge is 0.272 e. The van der Waals surface area contributed by atoms with Gasteiger partial charge in [-0.05, 0) is 24.6 Å². The second kappa shape index (κ2) is 5.16. The molecule has 2 amide bonds. The average Bonchev–Trinajstić information content (AvgIpc) is 2.38. The van der Waals surface area contributed by atoms with E-state index < -0.39 is 0 Å². The van der Waals surface area contributed by atoms with E-state index in [1.165, 1.54) is 0 Å². The van der Waals surface area contributed by atoms with Gasteiger partial charge in [0.2, 0.25) is 5.91 Å². The minimum absolute atomic E-state index is 0.0538. The molecule has 0 radical (unpaired) electrons. The van der Waals surface area contributed by atoms with E-state index in [0.29, 0.717) is 31.9 Å². The quantitative estimate of drug-likeness (QED) is 0.734. The molecule has 0 N–H and O–H groups in total. The summed E-state index contributed by atoms with van der Waals surface area (Å²) < 4.78 is 0. The Labute approximate surface area is 106 Å². The number of rotatable bonds is 1. The number of piperazine rings is 1. The van der Waals surface area contributed by atoms with Crippen molar-refractivity contribution in [2.45, 2.75) is 13.8 Å². The van der Waals surface area contributed by atoms with Crippen molar-refractivity contribution in [1.82, 2.24) is 14.8 Å². The van der Waals surface area contributed by atoms with Crippen LogP contribution < -0.4 is 0 Å². The maximum Gasteiger partial charge on any atom is 0.272 e. The third-order valence-corrected chi connectivity index (χ3v) is 3.15. The molecule has 1 aromatic rings. The van der Waals surface area contributed by atoms with Crippen molar-refractivity contribution in [2.75, 3.05) is 26.2 Å². The highest BCUT2D eigenvalue weighted by atomic mass is 16.2. The molecule has 0 spiro atoms. The Hall–Kier alpha value is -1.91. The third-order valence-electron chi connectivity index (χ3n) is 3.15.